The molecule has 3 aromatic carbocycles. The number of amides is 1. The molecule has 0 aliphatic heterocycles. The zero-order chi connectivity index (χ0) is 26.4. The lowest BCUT2D eigenvalue weighted by Crippen LogP contribution is -2.36. The van der Waals surface area contributed by atoms with Crippen LogP contribution in [-0.4, -0.2) is 44.6 Å². The van der Waals surface area contributed by atoms with Crippen LogP contribution in [0, 0.1) is 11.3 Å². The van der Waals surface area contributed by atoms with Crippen molar-refractivity contribution in [1.29, 1.82) is 5.26 Å². The second-order valence-corrected chi connectivity index (χ2v) is 8.57. The number of nitriles is 1. The van der Waals surface area contributed by atoms with Gasteiger partial charge < -0.3 is 14.2 Å². The number of fused-ring (bicyclic) bond motifs is 1. The zero-order valence-corrected chi connectivity index (χ0v) is 21.1. The summed E-state index contributed by atoms with van der Waals surface area (Å²) in [5.41, 5.74) is 3.72. The molecule has 0 fully saturated rings. The summed E-state index contributed by atoms with van der Waals surface area (Å²) in [5, 5.41) is 9.14. The standard InChI is InChI=1S/C28H24ClN5O3/c1-3-37-25(35)18-34(17-20-7-5-4-6-8-20)28(36)21-11-14-24-23(15-21)32-27(33(24)2)26(29)31-22-12-9-19(16-30)10-13-22/h4-15H,3,17-18H2,1-2H3. The lowest BCUT2D eigenvalue weighted by atomic mass is 10.1. The number of halogens is 1. The van der Waals surface area contributed by atoms with Crippen molar-refractivity contribution in [3.05, 3.63) is 95.3 Å². The lowest BCUT2D eigenvalue weighted by molar-refractivity contribution is -0.143. The van der Waals surface area contributed by atoms with Crippen molar-refractivity contribution in [3.63, 3.8) is 0 Å². The van der Waals surface area contributed by atoms with Gasteiger partial charge in [0.2, 0.25) is 0 Å². The highest BCUT2D eigenvalue weighted by Gasteiger charge is 2.22. The minimum atomic E-state index is -0.473. The number of nitrogens with zero attached hydrogens (tertiary/aromatic N) is 5. The molecule has 0 unspecified atom stereocenters. The number of carbonyl (C=O) groups is 2. The molecule has 0 aliphatic carbocycles. The van der Waals surface area contributed by atoms with Crippen molar-refractivity contribution >= 4 is 45.4 Å². The zero-order valence-electron chi connectivity index (χ0n) is 20.4. The fourth-order valence-electron chi connectivity index (χ4n) is 3.84. The number of benzene rings is 3. The van der Waals surface area contributed by atoms with Gasteiger partial charge in [-0.25, -0.2) is 9.98 Å². The first-order valence-corrected chi connectivity index (χ1v) is 12.0. The molecule has 0 radical (unpaired) electrons. The van der Waals surface area contributed by atoms with Crippen LogP contribution in [0.4, 0.5) is 5.69 Å². The van der Waals surface area contributed by atoms with E-state index in [4.69, 9.17) is 21.6 Å². The van der Waals surface area contributed by atoms with Gasteiger partial charge in [0.1, 0.15) is 6.54 Å². The Morgan fingerprint density at radius 1 is 1.11 bits per heavy atom. The Morgan fingerprint density at radius 3 is 2.51 bits per heavy atom. The number of aliphatic imine (C=N–C) groups is 1. The molecule has 0 N–H and O–H groups in total. The molecule has 1 heterocycles. The molecular formula is C28H24ClN5O3. The number of esters is 1. The topological polar surface area (TPSA) is 101 Å². The van der Waals surface area contributed by atoms with Crippen molar-refractivity contribution < 1.29 is 14.3 Å². The van der Waals surface area contributed by atoms with E-state index in [1.54, 1.807) is 54.0 Å². The Balaban J connectivity index is 1.63. The van der Waals surface area contributed by atoms with Gasteiger partial charge in [-0.1, -0.05) is 41.9 Å². The summed E-state index contributed by atoms with van der Waals surface area (Å²) in [7, 11) is 1.81. The van der Waals surface area contributed by atoms with Gasteiger partial charge in [-0.15, -0.1) is 0 Å². The molecule has 4 rings (SSSR count). The number of hydrogen-bond acceptors (Lipinski definition) is 6. The van der Waals surface area contributed by atoms with Gasteiger partial charge in [-0.2, -0.15) is 5.26 Å². The van der Waals surface area contributed by atoms with Crippen LogP contribution in [0.25, 0.3) is 11.0 Å². The minimum Gasteiger partial charge on any atom is -0.465 e. The quantitative estimate of drug-likeness (QED) is 0.244. The van der Waals surface area contributed by atoms with Crippen molar-refractivity contribution in [2.75, 3.05) is 13.2 Å². The molecule has 0 spiro atoms. The van der Waals surface area contributed by atoms with Crippen LogP contribution in [0.1, 0.15) is 34.2 Å². The highest BCUT2D eigenvalue weighted by atomic mass is 35.5. The SMILES string of the molecule is CCOC(=O)CN(Cc1ccccc1)C(=O)c1ccc2c(c1)nc(C(Cl)=Nc1ccc(C#N)cc1)n2C. The van der Waals surface area contributed by atoms with E-state index in [0.29, 0.717) is 28.2 Å². The number of aryl methyl sites for hydroxylation is 1. The molecule has 0 aliphatic rings. The van der Waals surface area contributed by atoms with Crippen LogP contribution < -0.4 is 0 Å². The van der Waals surface area contributed by atoms with Crippen LogP contribution in [-0.2, 0) is 23.1 Å². The summed E-state index contributed by atoms with van der Waals surface area (Å²) in [6.07, 6.45) is 0. The van der Waals surface area contributed by atoms with Crippen LogP contribution in [0.3, 0.4) is 0 Å². The van der Waals surface area contributed by atoms with Gasteiger partial charge in [-0.3, -0.25) is 9.59 Å². The van der Waals surface area contributed by atoms with E-state index in [2.05, 4.69) is 16.0 Å². The molecule has 4 aromatic rings. The number of hydrogen-bond donors (Lipinski definition) is 0. The van der Waals surface area contributed by atoms with Crippen molar-refractivity contribution in [3.8, 4) is 6.07 Å². The Morgan fingerprint density at radius 2 is 1.84 bits per heavy atom. The first kappa shape index (κ1) is 25.6. The molecule has 37 heavy (non-hydrogen) atoms. The largest absolute Gasteiger partial charge is 0.465 e. The number of carbonyl (C=O) groups excluding carboxylic acids is 2. The van der Waals surface area contributed by atoms with Crippen LogP contribution in [0.5, 0.6) is 0 Å². The molecule has 0 bridgehead atoms. The Labute approximate surface area is 219 Å². The van der Waals surface area contributed by atoms with Gasteiger partial charge in [0.25, 0.3) is 5.91 Å². The van der Waals surface area contributed by atoms with E-state index in [0.717, 1.165) is 11.1 Å². The highest BCUT2D eigenvalue weighted by Crippen LogP contribution is 2.22. The summed E-state index contributed by atoms with van der Waals surface area (Å²) < 4.78 is 6.87. The maximum Gasteiger partial charge on any atom is 0.325 e. The van der Waals surface area contributed by atoms with Crippen molar-refractivity contribution in [2.45, 2.75) is 13.5 Å². The second-order valence-electron chi connectivity index (χ2n) is 8.21. The maximum absolute atomic E-state index is 13.5. The molecule has 0 saturated heterocycles. The second kappa shape index (κ2) is 11.5. The molecular weight excluding hydrogens is 490 g/mol. The average Bonchev–Trinajstić information content (AvgIpc) is 3.25. The van der Waals surface area contributed by atoms with E-state index in [-0.39, 0.29) is 30.8 Å². The smallest absolute Gasteiger partial charge is 0.325 e. The van der Waals surface area contributed by atoms with Crippen LogP contribution in [0.2, 0.25) is 0 Å². The number of ether oxygens (including phenoxy) is 1. The third-order valence-electron chi connectivity index (χ3n) is 5.66. The summed E-state index contributed by atoms with van der Waals surface area (Å²) in [5.74, 6) is -0.361. The Hall–Kier alpha value is -4.48. The predicted octanol–water partition coefficient (Wildman–Crippen LogP) is 4.97. The van der Waals surface area contributed by atoms with Crippen molar-refractivity contribution in [1.82, 2.24) is 14.5 Å². The normalized spacial score (nSPS) is 11.2. The average molecular weight is 514 g/mol. The molecule has 0 atom stereocenters. The van der Waals surface area contributed by atoms with E-state index < -0.39 is 5.97 Å². The van der Waals surface area contributed by atoms with Crippen LogP contribution >= 0.6 is 11.6 Å². The van der Waals surface area contributed by atoms with Gasteiger partial charge in [0, 0.05) is 19.2 Å². The molecule has 1 amide bonds. The van der Waals surface area contributed by atoms with E-state index in [1.807, 2.05) is 37.4 Å². The highest BCUT2D eigenvalue weighted by molar-refractivity contribution is 6.69. The van der Waals surface area contributed by atoms with Gasteiger partial charge in [-0.05, 0) is 55.0 Å². The summed E-state index contributed by atoms with van der Waals surface area (Å²) in [6, 6.07) is 23.4. The van der Waals surface area contributed by atoms with E-state index in [9.17, 15) is 9.59 Å². The monoisotopic (exact) mass is 513 g/mol. The van der Waals surface area contributed by atoms with Gasteiger partial charge in [0.15, 0.2) is 11.0 Å². The van der Waals surface area contributed by atoms with Gasteiger partial charge >= 0.3 is 5.97 Å². The molecule has 1 aromatic heterocycles. The number of rotatable bonds is 8. The fraction of sp³-hybridized carbons (Fsp3) is 0.179. The fourth-order valence-corrected chi connectivity index (χ4v) is 4.11. The maximum atomic E-state index is 13.5. The van der Waals surface area contributed by atoms with E-state index >= 15 is 0 Å². The Kier molecular flexibility index (Phi) is 7.96. The van der Waals surface area contributed by atoms with Crippen LogP contribution in [0.15, 0.2) is 77.8 Å². The molecule has 0 saturated carbocycles. The van der Waals surface area contributed by atoms with Crippen molar-refractivity contribution in [2.24, 2.45) is 12.0 Å². The predicted molar refractivity (Wildman–Crippen MR) is 142 cm³/mol. The molecule has 186 valence electrons. The Bertz CT molecular complexity index is 1500. The summed E-state index contributed by atoms with van der Waals surface area (Å²) in [6.45, 7) is 2.05. The minimum absolute atomic E-state index is 0.170. The molecule has 9 heteroatoms. The molecule has 8 nitrogen and oxygen atoms in total. The summed E-state index contributed by atoms with van der Waals surface area (Å²) in [4.78, 5) is 36.2. The third-order valence-corrected chi connectivity index (χ3v) is 5.92. The number of imidazole rings is 1. The van der Waals surface area contributed by atoms with Gasteiger partial charge in [0.05, 0.1) is 35.0 Å². The third kappa shape index (κ3) is 6.02. The number of aromatic nitrogens is 2. The van der Waals surface area contributed by atoms with E-state index in [1.165, 1.54) is 4.90 Å². The summed E-state index contributed by atoms with van der Waals surface area (Å²) >= 11 is 6.50. The first-order chi connectivity index (χ1) is 17.9. The first-order valence-electron chi connectivity index (χ1n) is 11.6. The lowest BCUT2D eigenvalue weighted by Gasteiger charge is -2.22.